The van der Waals surface area contributed by atoms with Crippen LogP contribution in [-0.4, -0.2) is 23.7 Å². The normalized spacial score (nSPS) is 10.5. The average molecular weight is 403 g/mol. The number of ether oxygens (including phenoxy) is 1. The van der Waals surface area contributed by atoms with E-state index in [1.807, 2.05) is 30.3 Å². The topological polar surface area (TPSA) is 63.6 Å². The van der Waals surface area contributed by atoms with Crippen LogP contribution in [0.3, 0.4) is 0 Å². The highest BCUT2D eigenvalue weighted by Crippen LogP contribution is 2.29. The molecule has 26 heavy (non-hydrogen) atoms. The number of rotatable bonds is 6. The molecule has 4 nitrogen and oxygen atoms in total. The lowest BCUT2D eigenvalue weighted by atomic mass is 10.1. The van der Waals surface area contributed by atoms with E-state index in [4.69, 9.17) is 22.1 Å². The summed E-state index contributed by atoms with van der Waals surface area (Å²) in [5.74, 6) is -1.78. The number of carbonyl (C=O) groups excluding carboxylic acids is 1. The standard InChI is InChI=1S/C19H14O4S3/c20-18(21)14-3-1-2-4-15(14)19(22)23-10-9-12-5-7-13(8-6-12)16-11-17(24)26-25-16/h1-8,11H,9-10H2,(H,20,21). The molecule has 0 aliphatic carbocycles. The second kappa shape index (κ2) is 8.35. The molecular formula is C19H14O4S3. The summed E-state index contributed by atoms with van der Waals surface area (Å²) in [6.45, 7) is 0.184. The van der Waals surface area contributed by atoms with Crippen LogP contribution in [0.5, 0.6) is 0 Å². The van der Waals surface area contributed by atoms with Crippen molar-refractivity contribution < 1.29 is 19.4 Å². The monoisotopic (exact) mass is 402 g/mol. The number of hydrogen-bond donors (Lipinski definition) is 1. The third kappa shape index (κ3) is 4.43. The van der Waals surface area contributed by atoms with Crippen LogP contribution in [0.1, 0.15) is 26.3 Å². The van der Waals surface area contributed by atoms with Gasteiger partial charge in [-0.05, 0) is 29.3 Å². The van der Waals surface area contributed by atoms with Gasteiger partial charge in [0.15, 0.2) is 0 Å². The largest absolute Gasteiger partial charge is 0.478 e. The van der Waals surface area contributed by atoms with Gasteiger partial charge in [0.2, 0.25) is 0 Å². The first-order valence-corrected chi connectivity index (χ1v) is 10.3. The molecule has 0 radical (unpaired) electrons. The van der Waals surface area contributed by atoms with Gasteiger partial charge in [-0.3, -0.25) is 0 Å². The van der Waals surface area contributed by atoms with Crippen molar-refractivity contribution in [3.8, 4) is 10.4 Å². The van der Waals surface area contributed by atoms with E-state index in [2.05, 4.69) is 0 Å². The quantitative estimate of drug-likeness (QED) is 0.344. The van der Waals surface area contributed by atoms with E-state index < -0.39 is 11.9 Å². The van der Waals surface area contributed by atoms with Crippen molar-refractivity contribution in [3.63, 3.8) is 0 Å². The van der Waals surface area contributed by atoms with Gasteiger partial charge in [0.05, 0.1) is 17.7 Å². The van der Waals surface area contributed by atoms with Crippen molar-refractivity contribution in [2.24, 2.45) is 0 Å². The van der Waals surface area contributed by atoms with Crippen molar-refractivity contribution in [2.75, 3.05) is 6.61 Å². The number of carbonyl (C=O) groups is 2. The molecule has 0 atom stereocenters. The Morgan fingerprint density at radius 3 is 2.31 bits per heavy atom. The van der Waals surface area contributed by atoms with Crippen molar-refractivity contribution in [3.05, 3.63) is 75.1 Å². The SMILES string of the molecule is O=C(O)c1ccccc1C(=O)OCCc1ccc(-c2cc(=S)ss2)cc1. The third-order valence-electron chi connectivity index (χ3n) is 3.70. The Morgan fingerprint density at radius 1 is 1.00 bits per heavy atom. The van der Waals surface area contributed by atoms with Gasteiger partial charge in [-0.25, -0.2) is 9.59 Å². The molecule has 0 saturated heterocycles. The van der Waals surface area contributed by atoms with Crippen LogP contribution >= 0.6 is 32.9 Å². The number of carboxylic acids is 1. The van der Waals surface area contributed by atoms with Crippen LogP contribution in [0.4, 0.5) is 0 Å². The van der Waals surface area contributed by atoms with Crippen molar-refractivity contribution in [1.29, 1.82) is 0 Å². The van der Waals surface area contributed by atoms with Crippen LogP contribution in [0, 0.1) is 3.82 Å². The van der Waals surface area contributed by atoms with Crippen molar-refractivity contribution in [2.45, 2.75) is 6.42 Å². The second-order valence-corrected chi connectivity index (χ2v) is 8.34. The smallest absolute Gasteiger partial charge is 0.339 e. The molecule has 0 amide bonds. The van der Waals surface area contributed by atoms with Gasteiger partial charge in [0, 0.05) is 11.3 Å². The summed E-state index contributed by atoms with van der Waals surface area (Å²) in [5, 5.41) is 9.13. The Labute approximate surface area is 162 Å². The van der Waals surface area contributed by atoms with Crippen LogP contribution < -0.4 is 0 Å². The Morgan fingerprint density at radius 2 is 1.69 bits per heavy atom. The van der Waals surface area contributed by atoms with Crippen molar-refractivity contribution in [1.82, 2.24) is 0 Å². The Bertz CT molecular complexity index is 986. The van der Waals surface area contributed by atoms with Gasteiger partial charge in [-0.15, -0.1) is 0 Å². The van der Waals surface area contributed by atoms with E-state index >= 15 is 0 Å². The summed E-state index contributed by atoms with van der Waals surface area (Å²) in [6, 6.07) is 16.0. The van der Waals surface area contributed by atoms with E-state index in [0.29, 0.717) is 6.42 Å². The Kier molecular flexibility index (Phi) is 5.92. The predicted octanol–water partition coefficient (Wildman–Crippen LogP) is 5.30. The first-order chi connectivity index (χ1) is 12.5. The molecule has 0 fully saturated rings. The zero-order valence-corrected chi connectivity index (χ0v) is 16.0. The number of hydrogen-bond acceptors (Lipinski definition) is 6. The number of aromatic carboxylic acids is 1. The molecule has 132 valence electrons. The third-order valence-corrected chi connectivity index (χ3v) is 6.61. The van der Waals surface area contributed by atoms with Gasteiger partial charge in [-0.1, -0.05) is 69.3 Å². The lowest BCUT2D eigenvalue weighted by Crippen LogP contribution is -2.13. The van der Waals surface area contributed by atoms with E-state index in [9.17, 15) is 9.59 Å². The van der Waals surface area contributed by atoms with Crippen molar-refractivity contribution >= 4 is 44.8 Å². The van der Waals surface area contributed by atoms with Gasteiger partial charge in [0.1, 0.15) is 3.82 Å². The number of esters is 1. The first kappa shape index (κ1) is 18.4. The summed E-state index contributed by atoms with van der Waals surface area (Å²) in [7, 11) is 3.23. The highest BCUT2D eigenvalue weighted by atomic mass is 32.9. The molecule has 1 N–H and O–H groups in total. The molecule has 0 unspecified atom stereocenters. The Hall–Kier alpha value is -2.35. The molecule has 0 bridgehead atoms. The minimum Gasteiger partial charge on any atom is -0.478 e. The lowest BCUT2D eigenvalue weighted by Gasteiger charge is -2.07. The molecule has 0 saturated carbocycles. The average Bonchev–Trinajstić information content (AvgIpc) is 3.08. The Balaban J connectivity index is 1.59. The zero-order chi connectivity index (χ0) is 18.5. The minimum atomic E-state index is -1.15. The highest BCUT2D eigenvalue weighted by Gasteiger charge is 2.16. The fourth-order valence-electron chi connectivity index (χ4n) is 2.40. The van der Waals surface area contributed by atoms with Gasteiger partial charge in [-0.2, -0.15) is 0 Å². The maximum Gasteiger partial charge on any atom is 0.339 e. The molecular weight excluding hydrogens is 388 g/mol. The first-order valence-electron chi connectivity index (χ1n) is 7.73. The van der Waals surface area contributed by atoms with Gasteiger partial charge in [0.25, 0.3) is 0 Å². The number of carboxylic acid groups (broad SMARTS) is 1. The zero-order valence-electron chi connectivity index (χ0n) is 13.5. The van der Waals surface area contributed by atoms with E-state index in [-0.39, 0.29) is 17.7 Å². The summed E-state index contributed by atoms with van der Waals surface area (Å²) in [4.78, 5) is 24.4. The fraction of sp³-hybridized carbons (Fsp3) is 0.105. The van der Waals surface area contributed by atoms with E-state index in [1.54, 1.807) is 32.8 Å². The molecule has 0 aliphatic heterocycles. The number of benzene rings is 2. The maximum atomic E-state index is 12.1. The second-order valence-electron chi connectivity index (χ2n) is 5.43. The maximum absolute atomic E-state index is 12.1. The van der Waals surface area contributed by atoms with E-state index in [1.165, 1.54) is 12.1 Å². The predicted molar refractivity (Wildman–Crippen MR) is 106 cm³/mol. The fourth-order valence-corrected chi connectivity index (χ4v) is 4.80. The van der Waals surface area contributed by atoms with Crippen LogP contribution in [-0.2, 0) is 11.2 Å². The minimum absolute atomic E-state index is 0.0556. The highest BCUT2D eigenvalue weighted by molar-refractivity contribution is 7.80. The summed E-state index contributed by atoms with van der Waals surface area (Å²) >= 11 is 5.15. The van der Waals surface area contributed by atoms with Gasteiger partial charge < -0.3 is 9.84 Å². The summed E-state index contributed by atoms with van der Waals surface area (Å²) < 4.78 is 6.11. The molecule has 7 heteroatoms. The molecule has 0 aliphatic rings. The van der Waals surface area contributed by atoms with Gasteiger partial charge >= 0.3 is 11.9 Å². The van der Waals surface area contributed by atoms with E-state index in [0.717, 1.165) is 19.8 Å². The van der Waals surface area contributed by atoms with Crippen LogP contribution in [0.15, 0.2) is 54.6 Å². The molecule has 1 aromatic heterocycles. The molecule has 3 aromatic rings. The van der Waals surface area contributed by atoms with Crippen LogP contribution in [0.2, 0.25) is 0 Å². The summed E-state index contributed by atoms with van der Waals surface area (Å²) in [6.07, 6.45) is 0.556. The molecule has 3 rings (SSSR count). The lowest BCUT2D eigenvalue weighted by molar-refractivity contribution is 0.0498. The molecule has 1 heterocycles. The summed E-state index contributed by atoms with van der Waals surface area (Å²) in [5.41, 5.74) is 2.15. The van der Waals surface area contributed by atoms with Crippen LogP contribution in [0.25, 0.3) is 10.4 Å². The molecule has 0 spiro atoms. The molecule has 2 aromatic carbocycles.